The molecule has 0 radical (unpaired) electrons. The Morgan fingerprint density at radius 1 is 1.47 bits per heavy atom. The van der Waals surface area contributed by atoms with Crippen LogP contribution in [0.2, 0.25) is 0 Å². The number of carbonyl (C=O) groups excluding carboxylic acids is 2. The number of hydrogen-bond acceptors (Lipinski definition) is 3. The van der Waals surface area contributed by atoms with E-state index in [1.165, 1.54) is 0 Å². The zero-order chi connectivity index (χ0) is 12.1. The van der Waals surface area contributed by atoms with Crippen molar-refractivity contribution in [3.8, 4) is 0 Å². The normalized spacial score (nSPS) is 13.1. The number of rotatable bonds is 4. The van der Waals surface area contributed by atoms with Crippen molar-refractivity contribution in [1.29, 1.82) is 0 Å². The minimum atomic E-state index is -4.53. The van der Waals surface area contributed by atoms with Crippen molar-refractivity contribution in [1.82, 2.24) is 5.32 Å². The predicted molar refractivity (Wildman–Crippen MR) is 53.5 cm³/mol. The third kappa shape index (κ3) is 7.40. The van der Waals surface area contributed by atoms with E-state index in [9.17, 15) is 22.8 Å². The van der Waals surface area contributed by atoms with E-state index >= 15 is 0 Å². The molecule has 0 bridgehead atoms. The Morgan fingerprint density at radius 2 is 2.00 bits per heavy atom. The Morgan fingerprint density at radius 3 is 2.40 bits per heavy atom. The first-order chi connectivity index (χ1) is 6.76. The van der Waals surface area contributed by atoms with Crippen LogP contribution in [0.5, 0.6) is 0 Å². The lowest BCUT2D eigenvalue weighted by Gasteiger charge is -2.10. The second-order valence-corrected chi connectivity index (χ2v) is 4.09. The largest absolute Gasteiger partial charge is 0.468 e. The molecule has 0 aliphatic heterocycles. The number of halogens is 4. The Labute approximate surface area is 97.7 Å². The highest BCUT2D eigenvalue weighted by Gasteiger charge is 2.31. The first-order valence-electron chi connectivity index (χ1n) is 3.81. The molecule has 1 unspecified atom stereocenters. The van der Waals surface area contributed by atoms with Crippen LogP contribution in [-0.4, -0.2) is 35.6 Å². The van der Waals surface area contributed by atoms with Gasteiger partial charge in [0.15, 0.2) is 0 Å². The second kappa shape index (κ2) is 6.13. The number of methoxy groups -OCH3 is 1. The van der Waals surface area contributed by atoms with Crippen molar-refractivity contribution in [3.05, 3.63) is 0 Å². The number of alkyl halides is 4. The molecule has 88 valence electrons. The van der Waals surface area contributed by atoms with E-state index < -0.39 is 28.4 Å². The number of esters is 1. The molecule has 0 saturated carbocycles. The average molecular weight is 339 g/mol. The number of hydrogen-bond donors (Lipinski definition) is 1. The van der Waals surface area contributed by atoms with E-state index in [2.05, 4.69) is 4.74 Å². The summed E-state index contributed by atoms with van der Waals surface area (Å²) in [7, 11) is 1.16. The summed E-state index contributed by atoms with van der Waals surface area (Å²) in [5.74, 6) is -1.75. The lowest BCUT2D eigenvalue weighted by Crippen LogP contribution is -2.35. The SMILES string of the molecule is COC(=O)C(I)CNC(=O)CC(F)(F)F. The third-order valence-corrected chi connectivity index (χ3v) is 2.25. The fraction of sp³-hybridized carbons (Fsp3) is 0.714. The van der Waals surface area contributed by atoms with Gasteiger partial charge in [0.2, 0.25) is 5.91 Å². The maximum Gasteiger partial charge on any atom is 0.397 e. The number of amides is 1. The fourth-order valence-corrected chi connectivity index (χ4v) is 1.13. The van der Waals surface area contributed by atoms with Gasteiger partial charge in [-0.2, -0.15) is 13.2 Å². The maximum atomic E-state index is 11.7. The second-order valence-electron chi connectivity index (χ2n) is 2.59. The van der Waals surface area contributed by atoms with Crippen molar-refractivity contribution in [2.45, 2.75) is 16.5 Å². The Hall–Kier alpha value is -0.540. The van der Waals surface area contributed by atoms with Crippen LogP contribution in [-0.2, 0) is 14.3 Å². The minimum absolute atomic E-state index is 0.178. The van der Waals surface area contributed by atoms with Crippen molar-refractivity contribution in [3.63, 3.8) is 0 Å². The Bertz CT molecular complexity index is 244. The molecule has 0 heterocycles. The summed E-state index contributed by atoms with van der Waals surface area (Å²) in [6.07, 6.45) is -6.08. The molecule has 0 fully saturated rings. The van der Waals surface area contributed by atoms with Gasteiger partial charge in [-0.15, -0.1) is 0 Å². The van der Waals surface area contributed by atoms with Crippen molar-refractivity contribution < 1.29 is 27.5 Å². The van der Waals surface area contributed by atoms with E-state index in [0.717, 1.165) is 7.11 Å². The van der Waals surface area contributed by atoms with Crippen molar-refractivity contribution in [2.75, 3.05) is 13.7 Å². The van der Waals surface area contributed by atoms with Crippen molar-refractivity contribution >= 4 is 34.5 Å². The predicted octanol–water partition coefficient (Wildman–Crippen LogP) is 1.03. The lowest BCUT2D eigenvalue weighted by molar-refractivity contribution is -0.153. The summed E-state index contributed by atoms with van der Waals surface area (Å²) in [5.41, 5.74) is 0. The van der Waals surface area contributed by atoms with E-state index in [1.54, 1.807) is 22.6 Å². The monoisotopic (exact) mass is 339 g/mol. The molecular formula is C7H9F3INO3. The van der Waals surface area contributed by atoms with Gasteiger partial charge in [-0.1, -0.05) is 22.6 Å². The van der Waals surface area contributed by atoms with Gasteiger partial charge in [0.25, 0.3) is 0 Å². The molecule has 15 heavy (non-hydrogen) atoms. The molecule has 1 N–H and O–H groups in total. The fourth-order valence-electron chi connectivity index (χ4n) is 0.659. The molecule has 0 spiro atoms. The lowest BCUT2D eigenvalue weighted by atomic mass is 10.3. The van der Waals surface area contributed by atoms with E-state index in [1.807, 2.05) is 5.32 Å². The molecule has 0 saturated heterocycles. The van der Waals surface area contributed by atoms with Crippen LogP contribution >= 0.6 is 22.6 Å². The maximum absolute atomic E-state index is 11.7. The van der Waals surface area contributed by atoms with E-state index in [0.29, 0.717) is 0 Å². The number of ether oxygens (including phenoxy) is 1. The molecule has 0 aliphatic carbocycles. The van der Waals surface area contributed by atoms with Crippen LogP contribution in [0.1, 0.15) is 6.42 Å². The summed E-state index contributed by atoms with van der Waals surface area (Å²) in [4.78, 5) is 21.5. The van der Waals surface area contributed by atoms with Gasteiger partial charge in [-0.05, 0) is 0 Å². The highest BCUT2D eigenvalue weighted by Crippen LogP contribution is 2.18. The van der Waals surface area contributed by atoms with Gasteiger partial charge >= 0.3 is 12.1 Å². The van der Waals surface area contributed by atoms with Gasteiger partial charge in [-0.3, -0.25) is 9.59 Å². The Balaban J connectivity index is 3.86. The van der Waals surface area contributed by atoms with E-state index in [-0.39, 0.29) is 6.54 Å². The van der Waals surface area contributed by atoms with Crippen LogP contribution < -0.4 is 5.32 Å². The van der Waals surface area contributed by atoms with Crippen molar-refractivity contribution in [2.24, 2.45) is 0 Å². The molecule has 0 aromatic heterocycles. The standard InChI is InChI=1S/C7H9F3INO3/c1-15-6(14)4(11)3-12-5(13)2-7(8,9)10/h4H,2-3H2,1H3,(H,12,13). The number of carbonyl (C=O) groups is 2. The zero-order valence-electron chi connectivity index (χ0n) is 7.73. The molecule has 4 nitrogen and oxygen atoms in total. The van der Waals surface area contributed by atoms with Crippen LogP contribution in [0.15, 0.2) is 0 Å². The highest BCUT2D eigenvalue weighted by atomic mass is 127. The molecule has 1 atom stereocenters. The van der Waals surface area contributed by atoms with Gasteiger partial charge < -0.3 is 10.1 Å². The minimum Gasteiger partial charge on any atom is -0.468 e. The van der Waals surface area contributed by atoms with Crippen LogP contribution in [0.4, 0.5) is 13.2 Å². The summed E-state index contributed by atoms with van der Waals surface area (Å²) < 4.78 is 38.7. The molecule has 0 aliphatic rings. The zero-order valence-corrected chi connectivity index (χ0v) is 9.89. The highest BCUT2D eigenvalue weighted by molar-refractivity contribution is 14.1. The summed E-state index contributed by atoms with van der Waals surface area (Å²) in [6, 6.07) is 0. The number of nitrogens with one attached hydrogen (secondary N) is 1. The molecule has 0 aromatic rings. The summed E-state index contributed by atoms with van der Waals surface area (Å²) in [6.45, 7) is -0.178. The summed E-state index contributed by atoms with van der Waals surface area (Å²) in [5, 5.41) is 1.99. The topological polar surface area (TPSA) is 55.4 Å². The first kappa shape index (κ1) is 14.5. The average Bonchev–Trinajstić information content (AvgIpc) is 2.10. The smallest absolute Gasteiger partial charge is 0.397 e. The Kier molecular flexibility index (Phi) is 5.91. The summed E-state index contributed by atoms with van der Waals surface area (Å²) >= 11 is 1.67. The van der Waals surface area contributed by atoms with Gasteiger partial charge in [0.05, 0.1) is 7.11 Å². The molecule has 8 heteroatoms. The molecule has 0 rings (SSSR count). The van der Waals surface area contributed by atoms with Gasteiger partial charge in [0.1, 0.15) is 10.3 Å². The van der Waals surface area contributed by atoms with Crippen LogP contribution in [0.25, 0.3) is 0 Å². The molecule has 0 aromatic carbocycles. The molecule has 1 amide bonds. The van der Waals surface area contributed by atoms with Gasteiger partial charge in [0, 0.05) is 6.54 Å². The quantitative estimate of drug-likeness (QED) is 0.473. The first-order valence-corrected chi connectivity index (χ1v) is 5.06. The van der Waals surface area contributed by atoms with Gasteiger partial charge in [-0.25, -0.2) is 0 Å². The van der Waals surface area contributed by atoms with Crippen LogP contribution in [0.3, 0.4) is 0 Å². The molecular weight excluding hydrogens is 330 g/mol. The van der Waals surface area contributed by atoms with Crippen LogP contribution in [0, 0.1) is 0 Å². The third-order valence-electron chi connectivity index (χ3n) is 1.30. The van der Waals surface area contributed by atoms with E-state index in [4.69, 9.17) is 0 Å².